The van der Waals surface area contributed by atoms with Crippen LogP contribution in [0.4, 0.5) is 17.5 Å². The summed E-state index contributed by atoms with van der Waals surface area (Å²) in [5.74, 6) is 2.54. The van der Waals surface area contributed by atoms with E-state index in [4.69, 9.17) is 4.98 Å². The Labute approximate surface area is 132 Å². The number of hydrogen-bond donors (Lipinski definition) is 1. The second kappa shape index (κ2) is 6.34. The van der Waals surface area contributed by atoms with Crippen molar-refractivity contribution in [2.24, 2.45) is 5.92 Å². The van der Waals surface area contributed by atoms with Crippen molar-refractivity contribution in [1.29, 1.82) is 0 Å². The molecule has 0 radical (unpaired) electrons. The molecule has 116 valence electrons. The van der Waals surface area contributed by atoms with E-state index in [1.54, 1.807) is 0 Å². The maximum absolute atomic E-state index is 4.71. The van der Waals surface area contributed by atoms with Gasteiger partial charge in [-0.05, 0) is 50.3 Å². The maximum Gasteiger partial charge on any atom is 0.229 e. The fourth-order valence-electron chi connectivity index (χ4n) is 2.86. The Hall–Kier alpha value is -2.10. The topological polar surface area (TPSA) is 41.1 Å². The molecule has 0 aliphatic carbocycles. The molecule has 3 rings (SSSR count). The number of nitrogens with zero attached hydrogens (tertiary/aromatic N) is 3. The molecule has 1 saturated heterocycles. The Morgan fingerprint density at radius 3 is 2.59 bits per heavy atom. The second-order valence-electron chi connectivity index (χ2n) is 6.36. The van der Waals surface area contributed by atoms with Gasteiger partial charge >= 0.3 is 0 Å². The summed E-state index contributed by atoms with van der Waals surface area (Å²) >= 11 is 0. The van der Waals surface area contributed by atoms with E-state index in [9.17, 15) is 0 Å². The Morgan fingerprint density at radius 2 is 1.86 bits per heavy atom. The van der Waals surface area contributed by atoms with Crippen LogP contribution in [0.2, 0.25) is 0 Å². The summed E-state index contributed by atoms with van der Waals surface area (Å²) in [6, 6.07) is 10.4. The molecule has 1 aliphatic rings. The number of piperidine rings is 1. The molecule has 4 heteroatoms. The van der Waals surface area contributed by atoms with Gasteiger partial charge in [0.15, 0.2) is 0 Å². The standard InChI is InChI=1S/C18H24N4/c1-13-7-9-22(10-8-13)17-12-15(3)19-18(21-17)20-16-6-4-5-14(2)11-16/h4-6,11-13H,7-10H2,1-3H3,(H,19,20,21). The molecule has 0 unspecified atom stereocenters. The van der Waals surface area contributed by atoms with Crippen molar-refractivity contribution in [1.82, 2.24) is 9.97 Å². The minimum absolute atomic E-state index is 0.680. The maximum atomic E-state index is 4.71. The third-order valence-electron chi connectivity index (χ3n) is 4.22. The third kappa shape index (κ3) is 3.56. The van der Waals surface area contributed by atoms with Crippen LogP contribution in [-0.2, 0) is 0 Å². The van der Waals surface area contributed by atoms with Crippen molar-refractivity contribution in [3.63, 3.8) is 0 Å². The van der Waals surface area contributed by atoms with Crippen LogP contribution < -0.4 is 10.2 Å². The van der Waals surface area contributed by atoms with Gasteiger partial charge in [0, 0.05) is 30.5 Å². The molecule has 0 bridgehead atoms. The van der Waals surface area contributed by atoms with Crippen LogP contribution in [0.1, 0.15) is 31.0 Å². The van der Waals surface area contributed by atoms with E-state index in [1.807, 2.05) is 19.1 Å². The minimum Gasteiger partial charge on any atom is -0.356 e. The van der Waals surface area contributed by atoms with Gasteiger partial charge in [0.05, 0.1) is 0 Å². The lowest BCUT2D eigenvalue weighted by atomic mass is 9.99. The van der Waals surface area contributed by atoms with Crippen molar-refractivity contribution >= 4 is 17.5 Å². The predicted octanol–water partition coefficient (Wildman–Crippen LogP) is 4.07. The third-order valence-corrected chi connectivity index (χ3v) is 4.22. The smallest absolute Gasteiger partial charge is 0.229 e. The highest BCUT2D eigenvalue weighted by atomic mass is 15.2. The molecular formula is C18H24N4. The van der Waals surface area contributed by atoms with Gasteiger partial charge in [-0.3, -0.25) is 0 Å². The second-order valence-corrected chi connectivity index (χ2v) is 6.36. The summed E-state index contributed by atoms with van der Waals surface area (Å²) in [7, 11) is 0. The van der Waals surface area contributed by atoms with Gasteiger partial charge < -0.3 is 10.2 Å². The highest BCUT2D eigenvalue weighted by Gasteiger charge is 2.18. The zero-order chi connectivity index (χ0) is 15.5. The first-order chi connectivity index (χ1) is 10.6. The Morgan fingerprint density at radius 1 is 1.09 bits per heavy atom. The van der Waals surface area contributed by atoms with E-state index < -0.39 is 0 Å². The molecular weight excluding hydrogens is 272 g/mol. The normalized spacial score (nSPS) is 15.9. The number of hydrogen-bond acceptors (Lipinski definition) is 4. The highest BCUT2D eigenvalue weighted by Crippen LogP contribution is 2.23. The molecule has 1 N–H and O–H groups in total. The van der Waals surface area contributed by atoms with Gasteiger partial charge in [0.25, 0.3) is 0 Å². The van der Waals surface area contributed by atoms with Crippen LogP contribution in [0.15, 0.2) is 30.3 Å². The fourth-order valence-corrected chi connectivity index (χ4v) is 2.86. The van der Waals surface area contributed by atoms with Crippen LogP contribution in [0.3, 0.4) is 0 Å². The largest absolute Gasteiger partial charge is 0.356 e. The number of anilines is 3. The minimum atomic E-state index is 0.680. The quantitative estimate of drug-likeness (QED) is 0.927. The van der Waals surface area contributed by atoms with Crippen LogP contribution in [0.5, 0.6) is 0 Å². The summed E-state index contributed by atoms with van der Waals surface area (Å²) in [6.07, 6.45) is 2.48. The molecule has 1 aliphatic heterocycles. The van der Waals surface area contributed by atoms with E-state index >= 15 is 0 Å². The first-order valence-electron chi connectivity index (χ1n) is 8.04. The monoisotopic (exact) mass is 296 g/mol. The first kappa shape index (κ1) is 14.8. The molecule has 0 amide bonds. The molecule has 1 aromatic carbocycles. The number of rotatable bonds is 3. The van der Waals surface area contributed by atoms with E-state index in [-0.39, 0.29) is 0 Å². The molecule has 0 atom stereocenters. The molecule has 1 aromatic heterocycles. The summed E-state index contributed by atoms with van der Waals surface area (Å²) in [6.45, 7) is 8.61. The zero-order valence-corrected chi connectivity index (χ0v) is 13.6. The number of aryl methyl sites for hydroxylation is 2. The van der Waals surface area contributed by atoms with E-state index in [2.05, 4.69) is 47.2 Å². The molecule has 1 fully saturated rings. The summed E-state index contributed by atoms with van der Waals surface area (Å²) in [4.78, 5) is 11.6. The molecule has 0 spiro atoms. The van der Waals surface area contributed by atoms with Gasteiger partial charge in [0.1, 0.15) is 5.82 Å². The Balaban J connectivity index is 1.80. The SMILES string of the molecule is Cc1cccc(Nc2nc(C)cc(N3CCC(C)CC3)n2)c1. The average molecular weight is 296 g/mol. The van der Waals surface area contributed by atoms with Crippen molar-refractivity contribution in [2.75, 3.05) is 23.3 Å². The van der Waals surface area contributed by atoms with Crippen LogP contribution >= 0.6 is 0 Å². The van der Waals surface area contributed by atoms with Gasteiger partial charge in [0.2, 0.25) is 5.95 Å². The summed E-state index contributed by atoms with van der Waals surface area (Å²) < 4.78 is 0. The number of benzene rings is 1. The van der Waals surface area contributed by atoms with Gasteiger partial charge in [-0.2, -0.15) is 4.98 Å². The summed E-state index contributed by atoms with van der Waals surface area (Å²) in [5, 5.41) is 3.32. The molecule has 0 saturated carbocycles. The van der Waals surface area contributed by atoms with Gasteiger partial charge in [-0.15, -0.1) is 0 Å². The van der Waals surface area contributed by atoms with Crippen molar-refractivity contribution in [3.05, 3.63) is 41.6 Å². The number of aromatic nitrogens is 2. The van der Waals surface area contributed by atoms with Crippen LogP contribution in [0.25, 0.3) is 0 Å². The molecule has 4 nitrogen and oxygen atoms in total. The zero-order valence-electron chi connectivity index (χ0n) is 13.6. The van der Waals surface area contributed by atoms with Crippen molar-refractivity contribution in [3.8, 4) is 0 Å². The Bertz CT molecular complexity index is 645. The first-order valence-corrected chi connectivity index (χ1v) is 8.04. The van der Waals surface area contributed by atoms with Crippen molar-refractivity contribution in [2.45, 2.75) is 33.6 Å². The molecule has 2 heterocycles. The van der Waals surface area contributed by atoms with E-state index in [1.165, 1.54) is 18.4 Å². The van der Waals surface area contributed by atoms with E-state index in [0.29, 0.717) is 5.95 Å². The van der Waals surface area contributed by atoms with Crippen LogP contribution in [-0.4, -0.2) is 23.1 Å². The number of nitrogens with one attached hydrogen (secondary N) is 1. The lowest BCUT2D eigenvalue weighted by molar-refractivity contribution is 0.436. The van der Waals surface area contributed by atoms with Crippen molar-refractivity contribution < 1.29 is 0 Å². The fraction of sp³-hybridized carbons (Fsp3) is 0.444. The molecule has 22 heavy (non-hydrogen) atoms. The lowest BCUT2D eigenvalue weighted by Gasteiger charge is -2.31. The van der Waals surface area contributed by atoms with E-state index in [0.717, 1.165) is 36.2 Å². The Kier molecular flexibility index (Phi) is 4.27. The van der Waals surface area contributed by atoms with Gasteiger partial charge in [-0.1, -0.05) is 19.1 Å². The van der Waals surface area contributed by atoms with Crippen LogP contribution in [0, 0.1) is 19.8 Å². The summed E-state index contributed by atoms with van der Waals surface area (Å²) in [5.41, 5.74) is 3.26. The highest BCUT2D eigenvalue weighted by molar-refractivity contribution is 5.56. The average Bonchev–Trinajstić information content (AvgIpc) is 2.47. The molecule has 2 aromatic rings. The van der Waals surface area contributed by atoms with Gasteiger partial charge in [-0.25, -0.2) is 4.98 Å². The predicted molar refractivity (Wildman–Crippen MR) is 91.8 cm³/mol. The lowest BCUT2D eigenvalue weighted by Crippen LogP contribution is -2.33.